The van der Waals surface area contributed by atoms with Crippen LogP contribution in [0.5, 0.6) is 0 Å². The lowest BCUT2D eigenvalue weighted by atomic mass is 9.91. The molecular weight excluding hydrogens is 483 g/mol. The van der Waals surface area contributed by atoms with Gasteiger partial charge in [0.15, 0.2) is 0 Å². The normalized spacial score (nSPS) is 21.4. The first-order valence-corrected chi connectivity index (χ1v) is 13.1. The molecule has 2 saturated heterocycles. The molecule has 37 heavy (non-hydrogen) atoms. The molecule has 2 aromatic rings. The number of carboxylic acids is 1. The third kappa shape index (κ3) is 5.66. The Hall–Kier alpha value is -2.94. The van der Waals surface area contributed by atoms with Gasteiger partial charge in [-0.05, 0) is 80.2 Å². The molecule has 1 amide bonds. The Morgan fingerprint density at radius 2 is 1.76 bits per heavy atom. The third-order valence-electron chi connectivity index (χ3n) is 8.04. The smallest absolute Gasteiger partial charge is 0.416 e. The molecule has 5 rings (SSSR count). The van der Waals surface area contributed by atoms with E-state index in [4.69, 9.17) is 4.98 Å². The lowest BCUT2D eigenvalue weighted by molar-refractivity contribution is -0.145. The summed E-state index contributed by atoms with van der Waals surface area (Å²) in [7, 11) is 0. The monoisotopic (exact) mass is 515 g/mol. The van der Waals surface area contributed by atoms with Gasteiger partial charge in [-0.2, -0.15) is 13.2 Å². The Labute approximate surface area is 214 Å². The number of nitrogens with zero attached hydrogens (tertiary/aromatic N) is 3. The highest BCUT2D eigenvalue weighted by atomic mass is 19.4. The second kappa shape index (κ2) is 10.4. The minimum atomic E-state index is -4.48. The van der Waals surface area contributed by atoms with Crippen molar-refractivity contribution in [2.24, 2.45) is 11.8 Å². The van der Waals surface area contributed by atoms with Gasteiger partial charge in [0, 0.05) is 37.6 Å². The number of halogens is 3. The van der Waals surface area contributed by atoms with Gasteiger partial charge in [-0.25, -0.2) is 0 Å². The fourth-order valence-electron chi connectivity index (χ4n) is 5.90. The van der Waals surface area contributed by atoms with E-state index in [0.717, 1.165) is 43.5 Å². The van der Waals surface area contributed by atoms with Crippen LogP contribution in [0.2, 0.25) is 0 Å². The number of hydrogen-bond donors (Lipinski definition) is 1. The van der Waals surface area contributed by atoms with Crippen molar-refractivity contribution in [1.82, 2.24) is 14.8 Å². The lowest BCUT2D eigenvalue weighted by Crippen LogP contribution is -2.52. The highest BCUT2D eigenvalue weighted by Crippen LogP contribution is 2.34. The van der Waals surface area contributed by atoms with Crippen LogP contribution in [0.15, 0.2) is 36.4 Å². The summed E-state index contributed by atoms with van der Waals surface area (Å²) in [6.07, 6.45) is 2.60. The van der Waals surface area contributed by atoms with Gasteiger partial charge in [0.1, 0.15) is 6.04 Å². The molecule has 2 aliphatic heterocycles. The summed E-state index contributed by atoms with van der Waals surface area (Å²) < 4.78 is 38.7. The minimum absolute atomic E-state index is 0.0437. The highest BCUT2D eigenvalue weighted by Gasteiger charge is 2.41. The molecular formula is C28H32F3N3O3. The standard InChI is InChI=1S/C28H32F3N3O3/c29-28(30,31)22-9-6-20(7-10-22)25(27(36)37)33-14-13-21(17-33)26(35)34-15-18(16-34)5-11-23-12-8-19-3-1-2-4-24(19)32-23/h6-10,12,18,21,25H,1-5,11,13-17H2,(H,36,37)/t21-,25?/m1/s1. The fraction of sp³-hybridized carbons (Fsp3) is 0.536. The summed E-state index contributed by atoms with van der Waals surface area (Å²) in [4.78, 5) is 33.4. The zero-order valence-electron chi connectivity index (χ0n) is 20.7. The van der Waals surface area contributed by atoms with Crippen molar-refractivity contribution in [3.05, 3.63) is 64.5 Å². The number of pyridine rings is 1. The number of carbonyl (C=O) groups is 2. The van der Waals surface area contributed by atoms with Crippen LogP contribution in [-0.4, -0.2) is 57.9 Å². The number of aryl methyl sites for hydroxylation is 3. The van der Waals surface area contributed by atoms with E-state index in [9.17, 15) is 27.9 Å². The maximum Gasteiger partial charge on any atom is 0.416 e. The first-order valence-electron chi connectivity index (χ1n) is 13.1. The zero-order valence-corrected chi connectivity index (χ0v) is 20.7. The van der Waals surface area contributed by atoms with Crippen LogP contribution < -0.4 is 0 Å². The van der Waals surface area contributed by atoms with E-state index < -0.39 is 23.8 Å². The van der Waals surface area contributed by atoms with Gasteiger partial charge < -0.3 is 10.0 Å². The van der Waals surface area contributed by atoms with E-state index in [1.165, 1.54) is 36.2 Å². The molecule has 9 heteroatoms. The van der Waals surface area contributed by atoms with Crippen LogP contribution in [0, 0.1) is 11.8 Å². The Morgan fingerprint density at radius 1 is 1.03 bits per heavy atom. The Balaban J connectivity index is 1.11. The van der Waals surface area contributed by atoms with Crippen LogP contribution >= 0.6 is 0 Å². The zero-order chi connectivity index (χ0) is 26.2. The number of aliphatic carboxylic acids is 1. The summed E-state index contributed by atoms with van der Waals surface area (Å²) in [5.41, 5.74) is 3.22. The molecule has 2 fully saturated rings. The maximum atomic E-state index is 13.1. The second-order valence-electron chi connectivity index (χ2n) is 10.6. The quantitative estimate of drug-likeness (QED) is 0.587. The summed E-state index contributed by atoms with van der Waals surface area (Å²) >= 11 is 0. The molecule has 3 aliphatic rings. The van der Waals surface area contributed by atoms with Gasteiger partial charge in [0.25, 0.3) is 0 Å². The van der Waals surface area contributed by atoms with Gasteiger partial charge in [0.05, 0.1) is 11.5 Å². The van der Waals surface area contributed by atoms with E-state index in [-0.39, 0.29) is 23.9 Å². The average molecular weight is 516 g/mol. The van der Waals surface area contributed by atoms with Gasteiger partial charge in [-0.1, -0.05) is 18.2 Å². The molecule has 0 radical (unpaired) electrons. The Morgan fingerprint density at radius 3 is 2.46 bits per heavy atom. The van der Waals surface area contributed by atoms with E-state index in [2.05, 4.69) is 12.1 Å². The van der Waals surface area contributed by atoms with Crippen LogP contribution in [0.1, 0.15) is 59.8 Å². The van der Waals surface area contributed by atoms with Crippen LogP contribution in [0.3, 0.4) is 0 Å². The molecule has 1 aromatic carbocycles. The minimum Gasteiger partial charge on any atom is -0.480 e. The van der Waals surface area contributed by atoms with Crippen LogP contribution in [0.4, 0.5) is 13.2 Å². The van der Waals surface area contributed by atoms with Crippen LogP contribution in [-0.2, 0) is 35.0 Å². The van der Waals surface area contributed by atoms with Crippen molar-refractivity contribution in [2.45, 2.75) is 57.2 Å². The van der Waals surface area contributed by atoms with Crippen molar-refractivity contribution >= 4 is 11.9 Å². The molecule has 0 saturated carbocycles. The number of amides is 1. The van der Waals surface area contributed by atoms with Crippen molar-refractivity contribution in [3.8, 4) is 0 Å². The van der Waals surface area contributed by atoms with E-state index in [0.29, 0.717) is 32.0 Å². The second-order valence-corrected chi connectivity index (χ2v) is 10.6. The van der Waals surface area contributed by atoms with Gasteiger partial charge in [0.2, 0.25) is 5.91 Å². The van der Waals surface area contributed by atoms with Crippen molar-refractivity contribution < 1.29 is 27.9 Å². The summed E-state index contributed by atoms with van der Waals surface area (Å²) in [5.74, 6) is -0.937. The first-order chi connectivity index (χ1) is 17.7. The third-order valence-corrected chi connectivity index (χ3v) is 8.04. The number of likely N-dealkylation sites (tertiary alicyclic amines) is 2. The van der Waals surface area contributed by atoms with Crippen molar-refractivity contribution in [1.29, 1.82) is 0 Å². The predicted molar refractivity (Wildman–Crippen MR) is 131 cm³/mol. The van der Waals surface area contributed by atoms with Gasteiger partial charge >= 0.3 is 12.1 Å². The van der Waals surface area contributed by atoms with Gasteiger partial charge in [-0.3, -0.25) is 19.5 Å². The molecule has 1 unspecified atom stereocenters. The summed E-state index contributed by atoms with van der Waals surface area (Å²) in [5, 5.41) is 9.80. The lowest BCUT2D eigenvalue weighted by Gasteiger charge is -2.41. The predicted octanol–water partition coefficient (Wildman–Crippen LogP) is 4.52. The van der Waals surface area contributed by atoms with Crippen LogP contribution in [0.25, 0.3) is 0 Å². The topological polar surface area (TPSA) is 73.7 Å². The van der Waals surface area contributed by atoms with Crippen molar-refractivity contribution in [3.63, 3.8) is 0 Å². The molecule has 6 nitrogen and oxygen atoms in total. The molecule has 1 aromatic heterocycles. The number of carboxylic acid groups (broad SMARTS) is 1. The number of benzene rings is 1. The Bertz CT molecular complexity index is 1150. The molecule has 1 aliphatic carbocycles. The summed E-state index contributed by atoms with van der Waals surface area (Å²) in [6, 6.07) is 7.52. The number of rotatable bonds is 7. The number of hydrogen-bond acceptors (Lipinski definition) is 4. The largest absolute Gasteiger partial charge is 0.480 e. The number of aromatic nitrogens is 1. The SMILES string of the molecule is O=C(O)C(c1ccc(C(F)(F)F)cc1)N1CC[C@@H](C(=O)N2CC(CCc3ccc4c(n3)CCCC4)C2)C1. The van der Waals surface area contributed by atoms with E-state index in [1.807, 2.05) is 4.90 Å². The van der Waals surface area contributed by atoms with Gasteiger partial charge in [-0.15, -0.1) is 0 Å². The molecule has 0 bridgehead atoms. The Kier molecular flexibility index (Phi) is 7.25. The fourth-order valence-corrected chi connectivity index (χ4v) is 5.90. The van der Waals surface area contributed by atoms with E-state index in [1.54, 1.807) is 4.90 Å². The van der Waals surface area contributed by atoms with E-state index >= 15 is 0 Å². The molecule has 2 atom stereocenters. The van der Waals surface area contributed by atoms with Crippen molar-refractivity contribution in [2.75, 3.05) is 26.2 Å². The summed E-state index contributed by atoms with van der Waals surface area (Å²) in [6.45, 7) is 2.12. The molecule has 0 spiro atoms. The first kappa shape index (κ1) is 25.7. The molecule has 1 N–H and O–H groups in total. The highest BCUT2D eigenvalue weighted by molar-refractivity contribution is 5.81. The number of alkyl halides is 3. The number of carbonyl (C=O) groups excluding carboxylic acids is 1. The molecule has 3 heterocycles. The maximum absolute atomic E-state index is 13.1. The number of fused-ring (bicyclic) bond motifs is 1. The molecule has 198 valence electrons. The average Bonchev–Trinajstić information content (AvgIpc) is 3.32.